The monoisotopic (exact) mass is 688 g/mol. The normalized spacial score (nSPS) is 25.3. The quantitative estimate of drug-likeness (QED) is 0.188. The summed E-state index contributed by atoms with van der Waals surface area (Å²) in [5.41, 5.74) is 1.50. The summed E-state index contributed by atoms with van der Waals surface area (Å²) in [5.74, 6) is 1.90. The van der Waals surface area contributed by atoms with Crippen molar-refractivity contribution in [2.45, 2.75) is 76.1 Å². The number of terminal acetylenes is 1. The molecule has 5 saturated heterocycles. The lowest BCUT2D eigenvalue weighted by Crippen LogP contribution is -2.63. The molecule has 5 fully saturated rings. The summed E-state index contributed by atoms with van der Waals surface area (Å²) in [6, 6.07) is 11.3. The average molecular weight is 689 g/mol. The Kier molecular flexibility index (Phi) is 7.65. The smallest absolute Gasteiger partial charge is 0.319 e. The fourth-order valence-corrected chi connectivity index (χ4v) is 9.57. The zero-order chi connectivity index (χ0) is 35.0. The Morgan fingerprint density at radius 2 is 1.82 bits per heavy atom. The average Bonchev–Trinajstić information content (AvgIpc) is 3.79. The number of pyridine rings is 1. The molecule has 0 aliphatic carbocycles. The molecule has 2 aromatic heterocycles. The first-order valence-corrected chi connectivity index (χ1v) is 18.3. The van der Waals surface area contributed by atoms with Gasteiger partial charge in [0.15, 0.2) is 11.9 Å². The molecule has 5 aliphatic heterocycles. The Hall–Kier alpha value is -4.82. The number of piperazine rings is 1. The molecule has 262 valence electrons. The first-order chi connectivity index (χ1) is 24.8. The van der Waals surface area contributed by atoms with E-state index in [1.165, 1.54) is 0 Å². The third-order valence-electron chi connectivity index (χ3n) is 12.1. The lowest BCUT2D eigenvalue weighted by molar-refractivity contribution is -0.197. The number of ether oxygens (including phenoxy) is 2. The Bertz CT molecular complexity index is 2100. The van der Waals surface area contributed by atoms with Crippen molar-refractivity contribution < 1.29 is 23.5 Å². The molecule has 5 aliphatic rings. The van der Waals surface area contributed by atoms with Crippen LogP contribution in [0.4, 0.5) is 10.2 Å². The van der Waals surface area contributed by atoms with Crippen LogP contribution in [0.25, 0.3) is 32.9 Å². The molecule has 2 unspecified atom stereocenters. The minimum atomic E-state index is -0.738. The molecule has 9 rings (SSSR count). The van der Waals surface area contributed by atoms with Crippen LogP contribution >= 0.6 is 0 Å². The fraction of sp³-hybridized carbons (Fsp3) is 0.475. The number of anilines is 1. The minimum absolute atomic E-state index is 0.0179. The van der Waals surface area contributed by atoms with Gasteiger partial charge >= 0.3 is 12.0 Å². The molecule has 4 atom stereocenters. The Labute approximate surface area is 296 Å². The van der Waals surface area contributed by atoms with Gasteiger partial charge in [-0.15, -0.1) is 6.42 Å². The molecule has 0 saturated carbocycles. The second-order valence-corrected chi connectivity index (χ2v) is 15.2. The zero-order valence-corrected chi connectivity index (χ0v) is 29.0. The number of nitrogens with zero attached hydrogens (tertiary/aromatic N) is 6. The van der Waals surface area contributed by atoms with E-state index in [-0.39, 0.29) is 52.6 Å². The van der Waals surface area contributed by atoms with Crippen molar-refractivity contribution >= 4 is 39.4 Å². The number of carbonyl (C=O) groups excluding carboxylic acids is 2. The molecular formula is C40H41FN6O4. The Balaban J connectivity index is 1.10. The van der Waals surface area contributed by atoms with Gasteiger partial charge in [-0.1, -0.05) is 50.1 Å². The van der Waals surface area contributed by atoms with Crippen molar-refractivity contribution in [3.05, 3.63) is 54.0 Å². The SMILES string of the molecule is C#Cc1cccc2cccc(-c3ncc4c(N5CC6CCC(C5)N6C(=O)[C@@H]5OC(=O)[C@H]5C(C)C)nc(OCC56CCCN5CCC6)nc4c3F)c12. The van der Waals surface area contributed by atoms with Crippen LogP contribution in [-0.2, 0) is 14.3 Å². The highest BCUT2D eigenvalue weighted by molar-refractivity contribution is 6.02. The molecule has 51 heavy (non-hydrogen) atoms. The van der Waals surface area contributed by atoms with Gasteiger partial charge < -0.3 is 19.3 Å². The van der Waals surface area contributed by atoms with Crippen LogP contribution in [0.15, 0.2) is 42.6 Å². The number of halogens is 1. The maximum atomic E-state index is 17.0. The van der Waals surface area contributed by atoms with Gasteiger partial charge in [0.25, 0.3) is 5.91 Å². The number of fused-ring (bicyclic) bond motifs is 5. The summed E-state index contributed by atoms with van der Waals surface area (Å²) < 4.78 is 28.9. The summed E-state index contributed by atoms with van der Waals surface area (Å²) >= 11 is 0. The topological polar surface area (TPSA) is 101 Å². The number of hydrogen-bond donors (Lipinski definition) is 0. The van der Waals surface area contributed by atoms with Crippen molar-refractivity contribution in [3.63, 3.8) is 0 Å². The molecule has 1 amide bonds. The number of rotatable bonds is 7. The van der Waals surface area contributed by atoms with Gasteiger partial charge in [-0.2, -0.15) is 9.97 Å². The molecule has 2 aromatic carbocycles. The van der Waals surface area contributed by atoms with Gasteiger partial charge in [0.2, 0.25) is 0 Å². The van der Waals surface area contributed by atoms with Gasteiger partial charge in [-0.3, -0.25) is 19.5 Å². The van der Waals surface area contributed by atoms with Crippen LogP contribution in [0.3, 0.4) is 0 Å². The minimum Gasteiger partial charge on any atom is -0.461 e. The van der Waals surface area contributed by atoms with E-state index >= 15 is 4.39 Å². The lowest BCUT2D eigenvalue weighted by Gasteiger charge is -2.45. The van der Waals surface area contributed by atoms with Gasteiger partial charge in [-0.25, -0.2) is 4.39 Å². The van der Waals surface area contributed by atoms with Crippen LogP contribution in [0.1, 0.15) is 57.9 Å². The van der Waals surface area contributed by atoms with E-state index in [0.29, 0.717) is 42.0 Å². The Morgan fingerprint density at radius 3 is 2.51 bits per heavy atom. The number of carbonyl (C=O) groups is 2. The van der Waals surface area contributed by atoms with Gasteiger partial charge in [0, 0.05) is 47.9 Å². The summed E-state index contributed by atoms with van der Waals surface area (Å²) in [6.45, 7) is 7.45. The summed E-state index contributed by atoms with van der Waals surface area (Å²) in [5, 5.41) is 2.14. The van der Waals surface area contributed by atoms with Crippen molar-refractivity contribution in [1.82, 2.24) is 24.8 Å². The standard InChI is InChI=1S/C40H41FN6O4/c1-4-24-9-5-10-25-11-6-12-28(31(24)25)33-32(41)34-29(19-42-33)36(44-39(43-34)50-22-40-15-7-17-46(40)18-8-16-40)45-20-26-13-14-27(21-45)47(26)37(48)35-30(23(2)3)38(49)51-35/h1,5-6,9-12,19,23,26-27,30,35H,7-8,13-18,20-22H2,2-3H3/t26?,27?,30-,35+/m0/s1. The lowest BCUT2D eigenvalue weighted by atomic mass is 9.85. The maximum Gasteiger partial charge on any atom is 0.319 e. The van der Waals surface area contributed by atoms with E-state index in [0.717, 1.165) is 62.4 Å². The number of cyclic esters (lactones) is 1. The highest BCUT2D eigenvalue weighted by Gasteiger charge is 2.54. The molecule has 11 heteroatoms. The molecule has 4 aromatic rings. The largest absolute Gasteiger partial charge is 0.461 e. The first kappa shape index (κ1) is 32.1. The van der Waals surface area contributed by atoms with Crippen molar-refractivity contribution in [2.24, 2.45) is 11.8 Å². The van der Waals surface area contributed by atoms with E-state index in [9.17, 15) is 9.59 Å². The van der Waals surface area contributed by atoms with Crippen molar-refractivity contribution in [1.29, 1.82) is 0 Å². The van der Waals surface area contributed by atoms with E-state index in [1.54, 1.807) is 6.20 Å². The highest BCUT2D eigenvalue weighted by atomic mass is 19.1. The van der Waals surface area contributed by atoms with Crippen molar-refractivity contribution in [3.8, 4) is 29.6 Å². The molecular weight excluding hydrogens is 647 g/mol. The second kappa shape index (κ2) is 12.2. The van der Waals surface area contributed by atoms with Gasteiger partial charge in [0.05, 0.1) is 10.9 Å². The fourth-order valence-electron chi connectivity index (χ4n) is 9.57. The number of benzene rings is 2. The molecule has 7 heterocycles. The number of hydrogen-bond acceptors (Lipinski definition) is 9. The predicted molar refractivity (Wildman–Crippen MR) is 191 cm³/mol. The van der Waals surface area contributed by atoms with E-state index in [2.05, 4.69) is 15.7 Å². The third kappa shape index (κ3) is 5.05. The van der Waals surface area contributed by atoms with Gasteiger partial charge in [0.1, 0.15) is 29.6 Å². The highest BCUT2D eigenvalue weighted by Crippen LogP contribution is 2.42. The molecule has 2 bridgehead atoms. The van der Waals surface area contributed by atoms with Crippen molar-refractivity contribution in [2.75, 3.05) is 37.7 Å². The maximum absolute atomic E-state index is 17.0. The summed E-state index contributed by atoms with van der Waals surface area (Å²) in [6.07, 6.45) is 12.8. The number of esters is 1. The van der Waals surface area contributed by atoms with Crippen LogP contribution in [0, 0.1) is 30.0 Å². The molecule has 0 spiro atoms. The number of aromatic nitrogens is 3. The summed E-state index contributed by atoms with van der Waals surface area (Å²) in [4.78, 5) is 46.9. The van der Waals surface area contributed by atoms with Gasteiger partial charge in [-0.05, 0) is 69.0 Å². The van der Waals surface area contributed by atoms with Crippen LogP contribution < -0.4 is 9.64 Å². The molecule has 0 N–H and O–H groups in total. The zero-order valence-electron chi connectivity index (χ0n) is 29.0. The van der Waals surface area contributed by atoms with Crippen LogP contribution in [-0.4, -0.2) is 93.1 Å². The van der Waals surface area contributed by atoms with E-state index in [4.69, 9.17) is 30.8 Å². The Morgan fingerprint density at radius 1 is 1.10 bits per heavy atom. The van der Waals surface area contributed by atoms with E-state index in [1.807, 2.05) is 55.1 Å². The first-order valence-electron chi connectivity index (χ1n) is 18.3. The third-order valence-corrected chi connectivity index (χ3v) is 12.1. The predicted octanol–water partition coefficient (Wildman–Crippen LogP) is 5.35. The summed E-state index contributed by atoms with van der Waals surface area (Å²) in [7, 11) is 0. The van der Waals surface area contributed by atoms with Crippen LogP contribution in [0.2, 0.25) is 0 Å². The van der Waals surface area contributed by atoms with E-state index < -0.39 is 17.8 Å². The number of amides is 1. The molecule has 10 nitrogen and oxygen atoms in total. The van der Waals surface area contributed by atoms with Crippen LogP contribution in [0.5, 0.6) is 6.01 Å². The molecule has 0 radical (unpaired) electrons. The second-order valence-electron chi connectivity index (χ2n) is 15.2.